The number of rotatable bonds is 6. The quantitative estimate of drug-likeness (QED) is 0.860. The fourth-order valence-electron chi connectivity index (χ4n) is 2.78. The average molecular weight is 342 g/mol. The van der Waals surface area contributed by atoms with E-state index in [1.165, 1.54) is 32.1 Å². The molecule has 0 aromatic heterocycles. The van der Waals surface area contributed by atoms with Gasteiger partial charge in [0, 0.05) is 17.1 Å². The summed E-state index contributed by atoms with van der Waals surface area (Å²) in [5.74, 6) is 0.799. The first kappa shape index (κ1) is 15.8. The van der Waals surface area contributed by atoms with Gasteiger partial charge in [0.25, 0.3) is 0 Å². The van der Waals surface area contributed by atoms with Gasteiger partial charge in [0.05, 0.1) is 0 Å². The van der Waals surface area contributed by atoms with Crippen LogP contribution in [0.3, 0.4) is 0 Å². The van der Waals surface area contributed by atoms with Crippen LogP contribution in [0.25, 0.3) is 0 Å². The summed E-state index contributed by atoms with van der Waals surface area (Å²) in [6.07, 6.45) is 6.08. The lowest BCUT2D eigenvalue weighted by molar-refractivity contribution is 0.0561. The molecule has 1 aliphatic carbocycles. The Kier molecular flexibility index (Phi) is 6.33. The van der Waals surface area contributed by atoms with Gasteiger partial charge in [-0.3, -0.25) is 0 Å². The van der Waals surface area contributed by atoms with Crippen LogP contribution in [0.15, 0.2) is 28.7 Å². The van der Waals surface area contributed by atoms with Gasteiger partial charge in [-0.15, -0.1) is 0 Å². The lowest BCUT2D eigenvalue weighted by atomic mass is 9.94. The molecule has 0 amide bonds. The van der Waals surface area contributed by atoms with Crippen LogP contribution < -0.4 is 4.74 Å². The minimum Gasteiger partial charge on any atom is -0.491 e. The van der Waals surface area contributed by atoms with Crippen LogP contribution in [0, 0.1) is 0 Å². The fourth-order valence-corrected chi connectivity index (χ4v) is 3.04. The van der Waals surface area contributed by atoms with Crippen LogP contribution in [-0.2, 0) is 0 Å². The number of hydrogen-bond acceptors (Lipinski definition) is 3. The lowest BCUT2D eigenvalue weighted by Crippen LogP contribution is -2.40. The molecular formula is C16H24BrNO2. The zero-order valence-electron chi connectivity index (χ0n) is 12.1. The normalized spacial score (nSPS) is 18.2. The molecule has 1 saturated carbocycles. The molecule has 0 spiro atoms. The first-order valence-corrected chi connectivity index (χ1v) is 8.21. The summed E-state index contributed by atoms with van der Waals surface area (Å²) >= 11 is 3.39. The Morgan fingerprint density at radius 3 is 2.55 bits per heavy atom. The Morgan fingerprint density at radius 2 is 1.90 bits per heavy atom. The molecule has 3 nitrogen and oxygen atoms in total. The third-order valence-electron chi connectivity index (χ3n) is 3.95. The highest BCUT2D eigenvalue weighted by Gasteiger charge is 2.20. The highest BCUT2D eigenvalue weighted by atomic mass is 79.9. The maximum atomic E-state index is 10.1. The van der Waals surface area contributed by atoms with Crippen LogP contribution in [0.2, 0.25) is 0 Å². The van der Waals surface area contributed by atoms with Crippen LogP contribution in [0.1, 0.15) is 32.1 Å². The van der Waals surface area contributed by atoms with Crippen molar-refractivity contribution in [2.75, 3.05) is 20.2 Å². The average Bonchev–Trinajstić information content (AvgIpc) is 2.47. The Bertz CT molecular complexity index is 390. The first-order valence-electron chi connectivity index (χ1n) is 7.42. The van der Waals surface area contributed by atoms with Crippen molar-refractivity contribution in [3.63, 3.8) is 0 Å². The molecule has 20 heavy (non-hydrogen) atoms. The predicted molar refractivity (Wildman–Crippen MR) is 85.1 cm³/mol. The Hall–Kier alpha value is -0.580. The molecule has 1 aliphatic rings. The number of ether oxygens (including phenoxy) is 1. The topological polar surface area (TPSA) is 32.7 Å². The highest BCUT2D eigenvalue weighted by Crippen LogP contribution is 2.22. The predicted octanol–water partition coefficient (Wildman–Crippen LogP) is 3.45. The zero-order valence-corrected chi connectivity index (χ0v) is 13.7. The molecule has 112 valence electrons. The van der Waals surface area contributed by atoms with Crippen LogP contribution in [0.4, 0.5) is 0 Å². The second-order valence-corrected chi connectivity index (χ2v) is 6.57. The van der Waals surface area contributed by atoms with E-state index in [4.69, 9.17) is 4.74 Å². The van der Waals surface area contributed by atoms with E-state index in [-0.39, 0.29) is 0 Å². The molecule has 1 aromatic carbocycles. The Morgan fingerprint density at radius 1 is 1.25 bits per heavy atom. The van der Waals surface area contributed by atoms with Crippen molar-refractivity contribution >= 4 is 15.9 Å². The largest absolute Gasteiger partial charge is 0.491 e. The number of halogens is 1. The summed E-state index contributed by atoms with van der Waals surface area (Å²) in [6.45, 7) is 1.03. The summed E-state index contributed by atoms with van der Waals surface area (Å²) in [5.41, 5.74) is 0. The Labute approximate surface area is 130 Å². The number of aliphatic hydroxyl groups is 1. The van der Waals surface area contributed by atoms with Crippen molar-refractivity contribution in [1.29, 1.82) is 0 Å². The first-order chi connectivity index (χ1) is 9.65. The van der Waals surface area contributed by atoms with Gasteiger partial charge >= 0.3 is 0 Å². The number of nitrogens with zero attached hydrogens (tertiary/aromatic N) is 1. The van der Waals surface area contributed by atoms with Crippen molar-refractivity contribution < 1.29 is 9.84 Å². The van der Waals surface area contributed by atoms with Gasteiger partial charge in [0.2, 0.25) is 0 Å². The summed E-state index contributed by atoms with van der Waals surface area (Å²) in [5, 5.41) is 10.1. The SMILES string of the molecule is CN(C[C@@H](O)COc1ccc(Br)cc1)C1CCCCC1. The summed E-state index contributed by atoms with van der Waals surface area (Å²) < 4.78 is 6.64. The minimum absolute atomic E-state index is 0.346. The van der Waals surface area contributed by atoms with E-state index < -0.39 is 6.10 Å². The summed E-state index contributed by atoms with van der Waals surface area (Å²) in [7, 11) is 2.11. The van der Waals surface area contributed by atoms with Gasteiger partial charge in [0.15, 0.2) is 0 Å². The third-order valence-corrected chi connectivity index (χ3v) is 4.48. The maximum absolute atomic E-state index is 10.1. The molecule has 0 heterocycles. The fraction of sp³-hybridized carbons (Fsp3) is 0.625. The summed E-state index contributed by atoms with van der Waals surface area (Å²) in [4.78, 5) is 2.29. The number of hydrogen-bond donors (Lipinski definition) is 1. The van der Waals surface area contributed by atoms with Crippen LogP contribution in [-0.4, -0.2) is 42.4 Å². The molecule has 1 aromatic rings. The van der Waals surface area contributed by atoms with Gasteiger partial charge < -0.3 is 14.7 Å². The van der Waals surface area contributed by atoms with Gasteiger partial charge in [-0.05, 0) is 44.2 Å². The van der Waals surface area contributed by atoms with Gasteiger partial charge in [-0.25, -0.2) is 0 Å². The van der Waals surface area contributed by atoms with E-state index in [0.29, 0.717) is 19.2 Å². The van der Waals surface area contributed by atoms with Crippen molar-refractivity contribution in [3.05, 3.63) is 28.7 Å². The zero-order chi connectivity index (χ0) is 14.4. The molecular weight excluding hydrogens is 318 g/mol. The van der Waals surface area contributed by atoms with E-state index in [1.54, 1.807) is 0 Å². The van der Waals surface area contributed by atoms with Gasteiger partial charge in [-0.2, -0.15) is 0 Å². The maximum Gasteiger partial charge on any atom is 0.119 e. The molecule has 1 N–H and O–H groups in total. The molecule has 0 radical (unpaired) electrons. The van der Waals surface area contributed by atoms with E-state index in [9.17, 15) is 5.11 Å². The standard InChI is InChI=1S/C16H24BrNO2/c1-18(14-5-3-2-4-6-14)11-15(19)12-20-16-9-7-13(17)8-10-16/h7-10,14-15,19H,2-6,11-12H2,1H3/t15-/m1/s1. The van der Waals surface area contributed by atoms with Crippen molar-refractivity contribution in [2.24, 2.45) is 0 Å². The number of likely N-dealkylation sites (N-methyl/N-ethyl adjacent to an activating group) is 1. The molecule has 0 bridgehead atoms. The van der Waals surface area contributed by atoms with Crippen molar-refractivity contribution in [3.8, 4) is 5.75 Å². The van der Waals surface area contributed by atoms with E-state index in [0.717, 1.165) is 10.2 Å². The molecule has 4 heteroatoms. The Balaban J connectivity index is 1.71. The molecule has 0 unspecified atom stereocenters. The molecule has 2 rings (SSSR count). The van der Waals surface area contributed by atoms with E-state index in [2.05, 4.69) is 27.9 Å². The lowest BCUT2D eigenvalue weighted by Gasteiger charge is -2.32. The molecule has 1 atom stereocenters. The minimum atomic E-state index is -0.439. The van der Waals surface area contributed by atoms with Gasteiger partial charge in [0.1, 0.15) is 18.5 Å². The number of benzene rings is 1. The van der Waals surface area contributed by atoms with Crippen LogP contribution in [0.5, 0.6) is 5.75 Å². The second-order valence-electron chi connectivity index (χ2n) is 5.65. The number of aliphatic hydroxyl groups excluding tert-OH is 1. The highest BCUT2D eigenvalue weighted by molar-refractivity contribution is 9.10. The van der Waals surface area contributed by atoms with Crippen molar-refractivity contribution in [2.45, 2.75) is 44.2 Å². The third kappa shape index (κ3) is 5.08. The monoisotopic (exact) mass is 341 g/mol. The van der Waals surface area contributed by atoms with Gasteiger partial charge in [-0.1, -0.05) is 35.2 Å². The summed E-state index contributed by atoms with van der Waals surface area (Å²) in [6, 6.07) is 8.32. The smallest absolute Gasteiger partial charge is 0.119 e. The van der Waals surface area contributed by atoms with Crippen LogP contribution >= 0.6 is 15.9 Å². The molecule has 0 aliphatic heterocycles. The van der Waals surface area contributed by atoms with Crippen molar-refractivity contribution in [1.82, 2.24) is 4.90 Å². The molecule has 0 saturated heterocycles. The molecule has 1 fully saturated rings. The second kappa shape index (κ2) is 8.01. The van der Waals surface area contributed by atoms with E-state index in [1.807, 2.05) is 24.3 Å². The van der Waals surface area contributed by atoms with E-state index >= 15 is 0 Å².